The van der Waals surface area contributed by atoms with Crippen LogP contribution >= 0.6 is 0 Å². The summed E-state index contributed by atoms with van der Waals surface area (Å²) in [5.41, 5.74) is 1.68. The first-order chi connectivity index (χ1) is 16.3. The lowest BCUT2D eigenvalue weighted by Gasteiger charge is -2.27. The van der Waals surface area contributed by atoms with Crippen molar-refractivity contribution in [2.75, 3.05) is 47.3 Å². The van der Waals surface area contributed by atoms with E-state index < -0.39 is 0 Å². The molecule has 10 heteroatoms. The molecule has 0 aliphatic carbocycles. The number of nitrogens with zero attached hydrogens (tertiary/aromatic N) is 6. The molecule has 0 unspecified atom stereocenters. The maximum atomic E-state index is 13.6. The second kappa shape index (κ2) is 8.59. The molecule has 4 heterocycles. The van der Waals surface area contributed by atoms with Crippen molar-refractivity contribution in [3.63, 3.8) is 0 Å². The molecule has 5 rings (SSSR count). The molecule has 34 heavy (non-hydrogen) atoms. The second-order valence-corrected chi connectivity index (χ2v) is 9.86. The van der Waals surface area contributed by atoms with Gasteiger partial charge in [0.15, 0.2) is 5.69 Å². The number of carbonyl (C=O) groups is 1. The monoisotopic (exact) mass is 468 g/mol. The van der Waals surface area contributed by atoms with Crippen LogP contribution < -0.4 is 0 Å². The molecule has 2 aliphatic heterocycles. The Morgan fingerprint density at radius 1 is 1.21 bits per heavy atom. The van der Waals surface area contributed by atoms with E-state index in [-0.39, 0.29) is 23.1 Å². The van der Waals surface area contributed by atoms with E-state index in [4.69, 9.17) is 9.05 Å². The van der Waals surface area contributed by atoms with E-state index in [0.717, 1.165) is 25.1 Å². The highest BCUT2D eigenvalue weighted by molar-refractivity contribution is 5.94. The second-order valence-electron chi connectivity index (χ2n) is 9.86. The van der Waals surface area contributed by atoms with Crippen LogP contribution in [0, 0.1) is 18.2 Å². The van der Waals surface area contributed by atoms with E-state index in [9.17, 15) is 9.18 Å². The predicted molar refractivity (Wildman–Crippen MR) is 122 cm³/mol. The number of rotatable bonds is 5. The average molecular weight is 469 g/mol. The first-order valence-corrected chi connectivity index (χ1v) is 11.4. The van der Waals surface area contributed by atoms with Crippen molar-refractivity contribution in [2.24, 2.45) is 5.41 Å². The van der Waals surface area contributed by atoms with Gasteiger partial charge in [-0.3, -0.25) is 4.79 Å². The van der Waals surface area contributed by atoms with Gasteiger partial charge in [0.25, 0.3) is 5.91 Å². The molecule has 2 fully saturated rings. The van der Waals surface area contributed by atoms with Crippen LogP contribution in [-0.4, -0.2) is 83.2 Å². The van der Waals surface area contributed by atoms with Gasteiger partial charge >= 0.3 is 0 Å². The van der Waals surface area contributed by atoms with Gasteiger partial charge in [0.2, 0.25) is 11.7 Å². The molecule has 1 aromatic carbocycles. The molecular formula is C24H29FN6O3. The Bertz CT molecular complexity index is 1190. The van der Waals surface area contributed by atoms with Crippen molar-refractivity contribution >= 4 is 5.91 Å². The number of likely N-dealkylation sites (tertiary alicyclic amines) is 2. The highest BCUT2D eigenvalue weighted by atomic mass is 19.1. The van der Waals surface area contributed by atoms with Crippen LogP contribution in [0.1, 0.15) is 40.0 Å². The third kappa shape index (κ3) is 4.01. The van der Waals surface area contributed by atoms with Gasteiger partial charge in [-0.1, -0.05) is 10.3 Å². The van der Waals surface area contributed by atoms with E-state index in [1.807, 2.05) is 30.8 Å². The van der Waals surface area contributed by atoms with Crippen LogP contribution in [0.4, 0.5) is 4.39 Å². The molecule has 180 valence electrons. The standard InChI is InChI=1S/C24H29FN6O3/c1-15-18(11-29(2)3)20(27-33-15)23(32)31-12-19(24(14-31)9-10-30(4)13-24)22-26-21(28-34-22)16-5-7-17(25)8-6-16/h5-8,19H,9-14H2,1-4H3/t19-,24-/m0/s1. The maximum absolute atomic E-state index is 13.6. The van der Waals surface area contributed by atoms with Gasteiger partial charge < -0.3 is 23.7 Å². The van der Waals surface area contributed by atoms with Gasteiger partial charge in [-0.05, 0) is 65.3 Å². The first-order valence-electron chi connectivity index (χ1n) is 11.4. The summed E-state index contributed by atoms with van der Waals surface area (Å²) in [6.45, 7) is 5.22. The molecule has 9 nitrogen and oxygen atoms in total. The van der Waals surface area contributed by atoms with Gasteiger partial charge in [-0.2, -0.15) is 4.98 Å². The van der Waals surface area contributed by atoms with E-state index in [2.05, 4.69) is 27.2 Å². The van der Waals surface area contributed by atoms with Crippen LogP contribution in [0.15, 0.2) is 33.3 Å². The number of hydrogen-bond donors (Lipinski definition) is 0. The van der Waals surface area contributed by atoms with Gasteiger partial charge in [0.05, 0.1) is 5.92 Å². The fraction of sp³-hybridized carbons (Fsp3) is 0.500. The predicted octanol–water partition coefficient (Wildman–Crippen LogP) is 2.80. The Balaban J connectivity index is 1.45. The van der Waals surface area contributed by atoms with E-state index in [0.29, 0.717) is 48.4 Å². The van der Waals surface area contributed by atoms with Crippen molar-refractivity contribution in [1.82, 2.24) is 30.0 Å². The van der Waals surface area contributed by atoms with Crippen LogP contribution in [0.3, 0.4) is 0 Å². The minimum atomic E-state index is -0.318. The van der Waals surface area contributed by atoms with Crippen LogP contribution in [0.5, 0.6) is 0 Å². The molecule has 2 atom stereocenters. The summed E-state index contributed by atoms with van der Waals surface area (Å²) < 4.78 is 24.4. The first kappa shape index (κ1) is 22.7. The fourth-order valence-corrected chi connectivity index (χ4v) is 5.29. The molecular weight excluding hydrogens is 439 g/mol. The Hall–Kier alpha value is -3.11. The molecule has 2 aromatic heterocycles. The van der Waals surface area contributed by atoms with Gasteiger partial charge in [0.1, 0.15) is 11.6 Å². The molecule has 0 N–H and O–H groups in total. The smallest absolute Gasteiger partial charge is 0.276 e. The summed E-state index contributed by atoms with van der Waals surface area (Å²) in [6, 6.07) is 6.01. The number of aryl methyl sites for hydroxylation is 1. The molecule has 1 amide bonds. The third-order valence-corrected chi connectivity index (χ3v) is 7.02. The van der Waals surface area contributed by atoms with Crippen LogP contribution in [-0.2, 0) is 6.54 Å². The van der Waals surface area contributed by atoms with Gasteiger partial charge in [-0.15, -0.1) is 0 Å². The molecule has 0 radical (unpaired) electrons. The Kier molecular flexibility index (Phi) is 5.73. The van der Waals surface area contributed by atoms with Gasteiger partial charge in [0, 0.05) is 42.7 Å². The highest BCUT2D eigenvalue weighted by Crippen LogP contribution is 2.49. The number of amides is 1. The number of hydrogen-bond acceptors (Lipinski definition) is 8. The fourth-order valence-electron chi connectivity index (χ4n) is 5.29. The van der Waals surface area contributed by atoms with Crippen LogP contribution in [0.2, 0.25) is 0 Å². The zero-order chi connectivity index (χ0) is 24.0. The summed E-state index contributed by atoms with van der Waals surface area (Å²) in [4.78, 5) is 24.4. The molecule has 2 saturated heterocycles. The lowest BCUT2D eigenvalue weighted by Crippen LogP contribution is -2.35. The van der Waals surface area contributed by atoms with Crippen molar-refractivity contribution < 1.29 is 18.2 Å². The summed E-state index contributed by atoms with van der Waals surface area (Å²) in [5.74, 6) is 1.03. The summed E-state index contributed by atoms with van der Waals surface area (Å²) in [6.07, 6.45) is 0.925. The molecule has 0 saturated carbocycles. The number of carbonyl (C=O) groups excluding carboxylic acids is 1. The minimum absolute atomic E-state index is 0.103. The SMILES string of the molecule is Cc1onc(C(=O)N2C[C@@H](c3nc(-c4ccc(F)cc4)no3)[C@]3(CCN(C)C3)C2)c1CN(C)C. The zero-order valence-electron chi connectivity index (χ0n) is 19.9. The highest BCUT2D eigenvalue weighted by Gasteiger charge is 2.54. The lowest BCUT2D eigenvalue weighted by molar-refractivity contribution is 0.0762. The number of halogens is 1. The number of benzene rings is 1. The minimum Gasteiger partial charge on any atom is -0.361 e. The van der Waals surface area contributed by atoms with Crippen LogP contribution in [0.25, 0.3) is 11.4 Å². The zero-order valence-corrected chi connectivity index (χ0v) is 19.9. The number of aromatic nitrogens is 3. The summed E-state index contributed by atoms with van der Waals surface area (Å²) in [7, 11) is 5.98. The normalized spacial score (nSPS) is 23.0. The third-order valence-electron chi connectivity index (χ3n) is 7.02. The lowest BCUT2D eigenvalue weighted by atomic mass is 9.77. The van der Waals surface area contributed by atoms with E-state index >= 15 is 0 Å². The quantitative estimate of drug-likeness (QED) is 0.565. The summed E-state index contributed by atoms with van der Waals surface area (Å²) in [5, 5.41) is 8.26. The van der Waals surface area contributed by atoms with Crippen molar-refractivity contribution in [3.05, 3.63) is 53.0 Å². The van der Waals surface area contributed by atoms with Crippen molar-refractivity contribution in [2.45, 2.75) is 25.8 Å². The molecule has 1 spiro atoms. The average Bonchev–Trinajstić information content (AvgIpc) is 3.57. The van der Waals surface area contributed by atoms with Gasteiger partial charge in [-0.25, -0.2) is 4.39 Å². The van der Waals surface area contributed by atoms with E-state index in [1.165, 1.54) is 12.1 Å². The Morgan fingerprint density at radius 3 is 2.65 bits per heavy atom. The molecule has 3 aromatic rings. The topological polar surface area (TPSA) is 91.7 Å². The molecule has 2 aliphatic rings. The van der Waals surface area contributed by atoms with E-state index in [1.54, 1.807) is 12.1 Å². The van der Waals surface area contributed by atoms with Crippen molar-refractivity contribution in [3.8, 4) is 11.4 Å². The Labute approximate surface area is 197 Å². The van der Waals surface area contributed by atoms with Crippen molar-refractivity contribution in [1.29, 1.82) is 0 Å². The molecule has 0 bridgehead atoms. The largest absolute Gasteiger partial charge is 0.361 e. The Morgan fingerprint density at radius 2 is 1.97 bits per heavy atom. The summed E-state index contributed by atoms with van der Waals surface area (Å²) >= 11 is 0. The maximum Gasteiger partial charge on any atom is 0.276 e.